The average Bonchev–Trinajstić information content (AvgIpc) is 3.09. The summed E-state index contributed by atoms with van der Waals surface area (Å²) in [5.74, 6) is -0.167. The van der Waals surface area contributed by atoms with Gasteiger partial charge in [0.15, 0.2) is 0 Å². The fourth-order valence-corrected chi connectivity index (χ4v) is 3.58. The van der Waals surface area contributed by atoms with E-state index in [1.165, 1.54) is 11.0 Å². The summed E-state index contributed by atoms with van der Waals surface area (Å²) in [5, 5.41) is 8.99. The van der Waals surface area contributed by atoms with Crippen molar-refractivity contribution in [3.8, 4) is 5.75 Å². The van der Waals surface area contributed by atoms with Crippen LogP contribution in [0.4, 0.5) is 18.0 Å². The summed E-state index contributed by atoms with van der Waals surface area (Å²) in [4.78, 5) is 16.4. The molecule has 3 rings (SSSR count). The highest BCUT2D eigenvalue weighted by molar-refractivity contribution is 5.65. The Morgan fingerprint density at radius 2 is 1.63 bits per heavy atom. The number of hydrogen-bond donors (Lipinski definition) is 1. The van der Waals surface area contributed by atoms with Crippen molar-refractivity contribution >= 4 is 6.09 Å². The van der Waals surface area contributed by atoms with Crippen molar-refractivity contribution in [3.05, 3.63) is 29.3 Å². The number of amides is 1. The Morgan fingerprint density at radius 1 is 1.00 bits per heavy atom. The molecule has 9 heteroatoms. The number of benzene rings is 1. The molecule has 0 spiro atoms. The second kappa shape index (κ2) is 8.35. The molecule has 0 unspecified atom stereocenters. The molecule has 1 aromatic carbocycles. The monoisotopic (exact) mass is 387 g/mol. The molecule has 6 nitrogen and oxygen atoms in total. The number of carbonyl (C=O) groups is 1. The predicted molar refractivity (Wildman–Crippen MR) is 92.5 cm³/mol. The Kier molecular flexibility index (Phi) is 6.11. The predicted octanol–water partition coefficient (Wildman–Crippen LogP) is 2.98. The molecule has 1 aromatic rings. The van der Waals surface area contributed by atoms with E-state index < -0.39 is 12.5 Å². The van der Waals surface area contributed by atoms with Crippen molar-refractivity contribution in [2.45, 2.75) is 32.3 Å². The third-order valence-electron chi connectivity index (χ3n) is 5.00. The first-order chi connectivity index (χ1) is 12.8. The fraction of sp³-hybridized carbons (Fsp3) is 0.611. The van der Waals surface area contributed by atoms with Crippen molar-refractivity contribution in [3.63, 3.8) is 0 Å². The largest absolute Gasteiger partial charge is 0.573 e. The number of likely N-dealkylation sites (tertiary alicyclic amines) is 1. The summed E-state index contributed by atoms with van der Waals surface area (Å²) in [6, 6.07) is 5.02. The van der Waals surface area contributed by atoms with Crippen molar-refractivity contribution < 1.29 is 27.8 Å². The molecule has 0 atom stereocenters. The van der Waals surface area contributed by atoms with Gasteiger partial charge in [-0.1, -0.05) is 12.1 Å². The number of nitrogens with zero attached hydrogens (tertiary/aromatic N) is 3. The highest BCUT2D eigenvalue weighted by atomic mass is 19.4. The highest BCUT2D eigenvalue weighted by Gasteiger charge is 2.32. The Labute approximate surface area is 156 Å². The number of alkyl halides is 3. The number of carboxylic acid groups (broad SMARTS) is 1. The van der Waals surface area contributed by atoms with Crippen LogP contribution in [0.25, 0.3) is 0 Å². The van der Waals surface area contributed by atoms with Gasteiger partial charge in [-0.25, -0.2) is 4.79 Å². The molecule has 0 saturated carbocycles. The smallest absolute Gasteiger partial charge is 0.465 e. The van der Waals surface area contributed by atoms with Crippen molar-refractivity contribution in [1.29, 1.82) is 0 Å². The molecule has 27 heavy (non-hydrogen) atoms. The van der Waals surface area contributed by atoms with Crippen molar-refractivity contribution in [1.82, 2.24) is 14.7 Å². The molecule has 2 fully saturated rings. The van der Waals surface area contributed by atoms with Gasteiger partial charge in [-0.05, 0) is 37.6 Å². The van der Waals surface area contributed by atoms with Gasteiger partial charge in [0, 0.05) is 44.8 Å². The molecule has 0 radical (unpaired) electrons. The first-order valence-electron chi connectivity index (χ1n) is 9.10. The maximum absolute atomic E-state index is 12.9. The molecule has 1 amide bonds. The van der Waals surface area contributed by atoms with E-state index in [-0.39, 0.29) is 5.75 Å². The number of piperazine rings is 1. The molecular formula is C18H24F3N3O3. The van der Waals surface area contributed by atoms with Crippen LogP contribution in [0, 0.1) is 0 Å². The summed E-state index contributed by atoms with van der Waals surface area (Å²) in [6.07, 6.45) is -3.48. The highest BCUT2D eigenvalue weighted by Crippen LogP contribution is 2.29. The lowest BCUT2D eigenvalue weighted by atomic mass is 10.1. The van der Waals surface area contributed by atoms with E-state index in [0.29, 0.717) is 44.8 Å². The number of ether oxygens (including phenoxy) is 1. The van der Waals surface area contributed by atoms with Crippen LogP contribution in [0.1, 0.15) is 24.0 Å². The molecule has 2 saturated heterocycles. The van der Waals surface area contributed by atoms with E-state index in [0.717, 1.165) is 31.5 Å². The zero-order chi connectivity index (χ0) is 19.4. The second-order valence-corrected chi connectivity index (χ2v) is 7.02. The zero-order valence-corrected chi connectivity index (χ0v) is 15.0. The van der Waals surface area contributed by atoms with Gasteiger partial charge >= 0.3 is 12.5 Å². The molecule has 0 aromatic heterocycles. The minimum atomic E-state index is -4.75. The summed E-state index contributed by atoms with van der Waals surface area (Å²) < 4.78 is 42.9. The van der Waals surface area contributed by atoms with Crippen LogP contribution in [0.15, 0.2) is 18.2 Å². The van der Waals surface area contributed by atoms with Gasteiger partial charge < -0.3 is 14.7 Å². The maximum Gasteiger partial charge on any atom is 0.573 e. The van der Waals surface area contributed by atoms with E-state index >= 15 is 0 Å². The lowest BCUT2D eigenvalue weighted by Crippen LogP contribution is -2.47. The van der Waals surface area contributed by atoms with Gasteiger partial charge in [0.2, 0.25) is 0 Å². The van der Waals surface area contributed by atoms with Crippen molar-refractivity contribution in [2.24, 2.45) is 0 Å². The normalized spacial score (nSPS) is 19.4. The van der Waals surface area contributed by atoms with Gasteiger partial charge in [0.25, 0.3) is 0 Å². The number of rotatable bonds is 5. The average molecular weight is 387 g/mol. The first-order valence-corrected chi connectivity index (χ1v) is 9.10. The lowest BCUT2D eigenvalue weighted by Gasteiger charge is -2.33. The third kappa shape index (κ3) is 5.74. The Bertz CT molecular complexity index is 655. The van der Waals surface area contributed by atoms with E-state index in [1.54, 1.807) is 6.07 Å². The molecule has 0 bridgehead atoms. The van der Waals surface area contributed by atoms with Gasteiger partial charge in [-0.15, -0.1) is 13.2 Å². The molecule has 2 heterocycles. The Balaban J connectivity index is 1.70. The molecular weight excluding hydrogens is 363 g/mol. The van der Waals surface area contributed by atoms with Gasteiger partial charge in [-0.3, -0.25) is 9.80 Å². The molecule has 0 aliphatic carbocycles. The topological polar surface area (TPSA) is 56.2 Å². The summed E-state index contributed by atoms with van der Waals surface area (Å²) in [6.45, 7) is 4.49. The SMILES string of the molecule is O=C(O)N1CCN(Cc2ccc(CN3CCCC3)cc2OC(F)(F)F)CC1. The maximum atomic E-state index is 12.9. The van der Waals surface area contributed by atoms with Crippen LogP contribution in [-0.2, 0) is 13.1 Å². The van der Waals surface area contributed by atoms with Gasteiger partial charge in [0.1, 0.15) is 5.75 Å². The minimum absolute atomic E-state index is 0.167. The molecule has 1 N–H and O–H groups in total. The molecule has 2 aliphatic rings. The Hall–Kier alpha value is -2.00. The molecule has 150 valence electrons. The van der Waals surface area contributed by atoms with Gasteiger partial charge in [-0.2, -0.15) is 0 Å². The lowest BCUT2D eigenvalue weighted by molar-refractivity contribution is -0.275. The van der Waals surface area contributed by atoms with E-state index in [2.05, 4.69) is 9.64 Å². The van der Waals surface area contributed by atoms with Crippen LogP contribution in [-0.4, -0.2) is 71.5 Å². The Morgan fingerprint density at radius 3 is 2.22 bits per heavy atom. The number of halogens is 3. The summed E-state index contributed by atoms with van der Waals surface area (Å²) in [5.41, 5.74) is 1.26. The standard InChI is InChI=1S/C18H24F3N3O3/c19-18(20,21)27-16-11-14(12-22-5-1-2-6-22)3-4-15(16)13-23-7-9-24(10-8-23)17(25)26/h3-4,11H,1-2,5-10,12-13H2,(H,25,26). The fourth-order valence-electron chi connectivity index (χ4n) is 3.58. The second-order valence-electron chi connectivity index (χ2n) is 7.02. The van der Waals surface area contributed by atoms with Crippen LogP contribution >= 0.6 is 0 Å². The minimum Gasteiger partial charge on any atom is -0.465 e. The van der Waals surface area contributed by atoms with Gasteiger partial charge in [0.05, 0.1) is 0 Å². The summed E-state index contributed by atoms with van der Waals surface area (Å²) >= 11 is 0. The third-order valence-corrected chi connectivity index (χ3v) is 5.00. The van der Waals surface area contributed by atoms with E-state index in [1.807, 2.05) is 11.0 Å². The van der Waals surface area contributed by atoms with Crippen LogP contribution in [0.5, 0.6) is 5.75 Å². The van der Waals surface area contributed by atoms with E-state index in [4.69, 9.17) is 5.11 Å². The van der Waals surface area contributed by atoms with Crippen LogP contribution < -0.4 is 4.74 Å². The number of hydrogen-bond acceptors (Lipinski definition) is 4. The zero-order valence-electron chi connectivity index (χ0n) is 15.0. The quantitative estimate of drug-likeness (QED) is 0.842. The van der Waals surface area contributed by atoms with E-state index in [9.17, 15) is 18.0 Å². The molecule has 2 aliphatic heterocycles. The van der Waals surface area contributed by atoms with Crippen LogP contribution in [0.3, 0.4) is 0 Å². The van der Waals surface area contributed by atoms with Crippen LogP contribution in [0.2, 0.25) is 0 Å². The van der Waals surface area contributed by atoms with Crippen molar-refractivity contribution in [2.75, 3.05) is 39.3 Å². The first kappa shape index (κ1) is 19.8. The summed E-state index contributed by atoms with van der Waals surface area (Å²) in [7, 11) is 0.